The molecule has 0 saturated carbocycles. The van der Waals surface area contributed by atoms with Gasteiger partial charge in [0, 0.05) is 68.6 Å². The molecule has 29 heteroatoms. The van der Waals surface area contributed by atoms with Crippen LogP contribution in [0.1, 0.15) is 124 Å². The van der Waals surface area contributed by atoms with E-state index in [0.717, 1.165) is 34.0 Å². The Balaban J connectivity index is 1.03. The molecule has 2 aliphatic heterocycles. The zero-order chi connectivity index (χ0) is 61.2. The number of ketones is 1. The van der Waals surface area contributed by atoms with E-state index in [4.69, 9.17) is 50.8 Å². The number of fused-ring (bicyclic) bond motifs is 16. The van der Waals surface area contributed by atoms with Crippen molar-refractivity contribution in [1.29, 1.82) is 0 Å². The van der Waals surface area contributed by atoms with E-state index in [0.29, 0.717) is 76.7 Å². The molecule has 2 aliphatic rings. The lowest BCUT2D eigenvalue weighted by atomic mass is 9.90. The van der Waals surface area contributed by atoms with Gasteiger partial charge in [0.15, 0.2) is 5.78 Å². The van der Waals surface area contributed by atoms with Gasteiger partial charge in [-0.1, -0.05) is 49.4 Å². The van der Waals surface area contributed by atoms with Crippen LogP contribution in [0.5, 0.6) is 5.75 Å². The molecule has 0 radical (unpaired) electrons. The molecule has 87 heavy (non-hydrogen) atoms. The van der Waals surface area contributed by atoms with Crippen molar-refractivity contribution in [3.05, 3.63) is 147 Å². The number of aromatic nitrogens is 7. The molecular formula is C58H53N13O10S6. The number of hydrogen-bond donors (Lipinski definition) is 6. The summed E-state index contributed by atoms with van der Waals surface area (Å²) in [7, 11) is 1.54. The third-order valence-corrected chi connectivity index (χ3v) is 20.1. The lowest BCUT2D eigenvalue weighted by molar-refractivity contribution is -0.134. The molecule has 1 fully saturated rings. The molecule has 23 nitrogen and oxygen atoms in total. The molecule has 9 heterocycles. The average molecular weight is 1280 g/mol. The number of benzene rings is 2. The number of aliphatic hydroxyl groups is 1. The number of rotatable bonds is 11. The number of Topliss-reactive ketones (excluding diaryl/α,β-unsaturated/α-hetero) is 1. The lowest BCUT2D eigenvalue weighted by Crippen LogP contribution is -2.50. The predicted molar refractivity (Wildman–Crippen MR) is 329 cm³/mol. The first kappa shape index (κ1) is 60.1. The van der Waals surface area contributed by atoms with Crippen LogP contribution >= 0.6 is 68.0 Å². The molecule has 1 saturated heterocycles. The van der Waals surface area contributed by atoms with Gasteiger partial charge in [0.2, 0.25) is 11.8 Å². The zero-order valence-corrected chi connectivity index (χ0v) is 51.5. The smallest absolute Gasteiger partial charge is 0.407 e. The molecule has 8 N–H and O–H groups in total. The van der Waals surface area contributed by atoms with E-state index in [1.165, 1.54) is 51.9 Å². The Labute approximate surface area is 520 Å². The van der Waals surface area contributed by atoms with Crippen molar-refractivity contribution in [3.63, 3.8) is 0 Å². The Morgan fingerprint density at radius 1 is 0.724 bits per heavy atom. The Morgan fingerprint density at radius 3 is 2.10 bits per heavy atom. The number of alkyl carbamates (subject to hydrolysis) is 1. The summed E-state index contributed by atoms with van der Waals surface area (Å²) >= 11 is 7.01. The number of carbonyl (C=O) groups excluding carboxylic acids is 7. The highest BCUT2D eigenvalue weighted by molar-refractivity contribution is 7.15. The predicted octanol–water partition coefficient (Wildman–Crippen LogP) is 8.33. The van der Waals surface area contributed by atoms with Crippen LogP contribution in [0.4, 0.5) is 4.79 Å². The van der Waals surface area contributed by atoms with Crippen molar-refractivity contribution in [1.82, 2.24) is 55.7 Å². The van der Waals surface area contributed by atoms with Crippen LogP contribution in [0.3, 0.4) is 0 Å². The van der Waals surface area contributed by atoms with Gasteiger partial charge in [-0.25, -0.2) is 39.7 Å². The highest BCUT2D eigenvalue weighted by atomic mass is 32.1. The Bertz CT molecular complexity index is 4080. The number of pyridine rings is 1. The largest absolute Gasteiger partial charge is 0.497 e. The van der Waals surface area contributed by atoms with Gasteiger partial charge >= 0.3 is 6.09 Å². The maximum absolute atomic E-state index is 15.6. The van der Waals surface area contributed by atoms with Crippen LogP contribution in [0, 0.1) is 12.8 Å². The molecule has 11 rings (SSSR count). The third-order valence-electron chi connectivity index (χ3n) is 14.5. The van der Waals surface area contributed by atoms with Crippen molar-refractivity contribution >= 4 is 109 Å². The highest BCUT2D eigenvalue weighted by Gasteiger charge is 2.48. The summed E-state index contributed by atoms with van der Waals surface area (Å²) in [4.78, 5) is 133. The summed E-state index contributed by atoms with van der Waals surface area (Å²) in [5.41, 5.74) is 14.6. The van der Waals surface area contributed by atoms with Crippen molar-refractivity contribution in [2.75, 3.05) is 20.2 Å². The number of aliphatic hydroxyl groups excluding tert-OH is 1. The summed E-state index contributed by atoms with van der Waals surface area (Å²) in [6.45, 7) is 5.54. The second kappa shape index (κ2) is 25.8. The van der Waals surface area contributed by atoms with Crippen LogP contribution in [-0.4, -0.2) is 119 Å². The fourth-order valence-corrected chi connectivity index (χ4v) is 15.5. The van der Waals surface area contributed by atoms with Gasteiger partial charge in [-0.05, 0) is 49.2 Å². The normalized spacial score (nSPS) is 19.3. The van der Waals surface area contributed by atoms with Crippen molar-refractivity contribution in [2.24, 2.45) is 17.4 Å². The summed E-state index contributed by atoms with van der Waals surface area (Å²) in [5, 5.41) is 31.0. The van der Waals surface area contributed by atoms with Gasteiger partial charge < -0.3 is 46.9 Å². The molecule has 446 valence electrons. The fraction of sp³-hybridized carbons (Fsp3) is 0.276. The van der Waals surface area contributed by atoms with Crippen LogP contribution in [-0.2, 0) is 20.7 Å². The second-order valence-electron chi connectivity index (χ2n) is 20.3. The number of nitrogens with zero attached hydrogens (tertiary/aromatic N) is 8. The summed E-state index contributed by atoms with van der Waals surface area (Å²) in [5.74, 6) is -4.82. The molecule has 0 spiro atoms. The average Bonchev–Trinajstić information content (AvgIpc) is 2.32. The minimum Gasteiger partial charge on any atom is -0.497 e. The quantitative estimate of drug-likeness (QED) is 0.0708. The summed E-state index contributed by atoms with van der Waals surface area (Å²) in [6, 6.07) is 16.1. The lowest BCUT2D eigenvalue weighted by Gasteiger charge is -2.29. The van der Waals surface area contributed by atoms with Crippen LogP contribution in [0.2, 0.25) is 0 Å². The van der Waals surface area contributed by atoms with E-state index in [1.807, 2.05) is 12.3 Å². The number of aryl methyl sites for hydroxylation is 1. The Kier molecular flexibility index (Phi) is 17.8. The molecule has 9 aromatic rings. The zero-order valence-electron chi connectivity index (χ0n) is 46.6. The number of primary amides is 2. The molecule has 0 aliphatic carbocycles. The minimum atomic E-state index is -1.30. The molecule has 10 bridgehead atoms. The first-order valence-corrected chi connectivity index (χ1v) is 32.3. The number of carbonyl (C=O) groups is 7. The Hall–Kier alpha value is -8.58. The van der Waals surface area contributed by atoms with Gasteiger partial charge in [-0.15, -0.1) is 68.0 Å². The second-order valence-corrected chi connectivity index (χ2v) is 25.9. The van der Waals surface area contributed by atoms with Crippen LogP contribution in [0.25, 0.3) is 43.4 Å². The van der Waals surface area contributed by atoms with E-state index in [-0.39, 0.29) is 58.6 Å². The van der Waals surface area contributed by atoms with Crippen molar-refractivity contribution < 1.29 is 48.1 Å². The summed E-state index contributed by atoms with van der Waals surface area (Å²) in [6.07, 6.45) is -3.50. The van der Waals surface area contributed by atoms with Crippen LogP contribution < -0.4 is 32.2 Å². The number of amides is 6. The molecule has 0 unspecified atom stereocenters. The van der Waals surface area contributed by atoms with Crippen molar-refractivity contribution in [3.8, 4) is 49.1 Å². The molecule has 7 aromatic heterocycles. The molecule has 7 atom stereocenters. The van der Waals surface area contributed by atoms with Gasteiger partial charge in [-0.2, -0.15) is 0 Å². The number of methoxy groups -OCH3 is 1. The minimum absolute atomic E-state index is 0.00715. The summed E-state index contributed by atoms with van der Waals surface area (Å²) < 4.78 is 11.4. The first-order valence-electron chi connectivity index (χ1n) is 27.0. The van der Waals surface area contributed by atoms with Gasteiger partial charge in [0.25, 0.3) is 17.7 Å². The fourth-order valence-electron chi connectivity index (χ4n) is 10.2. The number of hydrogen-bond acceptors (Lipinski definition) is 23. The molecule has 6 amide bonds. The maximum atomic E-state index is 15.6. The van der Waals surface area contributed by atoms with Crippen LogP contribution in [0.15, 0.2) is 93.6 Å². The van der Waals surface area contributed by atoms with Crippen molar-refractivity contribution in [2.45, 2.75) is 76.3 Å². The Morgan fingerprint density at radius 2 is 1.38 bits per heavy atom. The standard InChI is InChI=1S/C58H53N13O10S6/c1-5-61-58(79)81-42-20-71-46(26(42)2)56-69-40(25-86-56)54-65-36(21-84-54)45-31(15-16-33(62-45)53-66-37(22-85-53)48(60)75)51-67-38(23-82-51)49(76)63-34(19-43(59)73)55-70-44(27(3)87-55)41(72)18-32(47(74)29-9-7-6-8-10-29)52-68-39(24-83-52)50(77)64-35(57(71)78)17-28-11-13-30(80-4)14-12-28/h6-16,21-26,32,34-35,42,46-47,74H,5,17-20H2,1-4H3,(H2,59,73)(H2,60,75)(H,61,79)(H,63,76)(H,64,77)/t26-,32-,34-,35-,42-,46-,47+/m0/s1. The maximum Gasteiger partial charge on any atom is 0.407 e. The number of ether oxygens (including phenoxy) is 2. The first-order chi connectivity index (χ1) is 41.9. The molecule has 2 aromatic carbocycles. The monoisotopic (exact) mass is 1280 g/mol. The third kappa shape index (κ3) is 12.9. The van der Waals surface area contributed by atoms with Gasteiger partial charge in [-0.3, -0.25) is 28.8 Å². The van der Waals surface area contributed by atoms with E-state index in [9.17, 15) is 33.9 Å². The van der Waals surface area contributed by atoms with E-state index in [1.54, 1.807) is 96.2 Å². The van der Waals surface area contributed by atoms with Gasteiger partial charge in [0.1, 0.15) is 82.8 Å². The highest BCUT2D eigenvalue weighted by Crippen LogP contribution is 2.44. The number of nitrogens with two attached hydrogens (primary N) is 2. The van der Waals surface area contributed by atoms with E-state index >= 15 is 4.79 Å². The topological polar surface area (TPSA) is 340 Å². The SMILES string of the molecule is CCNC(=O)O[C@H]1CN2C(=O)[C@H](Cc3ccc(OC)cc3)NC(=O)c3csc(n3)[C@H]([C@H](O)c3ccccc3)CC(=O)c3nc(sc3C)[C@H](CC(N)=O)NC(=O)c3csc(n3)-c3ccc(-c4nc(C(N)=O)cs4)nc3-c3csc(n3)-c3csc(n3)[C@@H]2[C@H]1C. The molecular weight excluding hydrogens is 1230 g/mol. The number of nitrogens with one attached hydrogen (secondary N) is 3. The van der Waals surface area contributed by atoms with E-state index in [2.05, 4.69) is 20.9 Å². The van der Waals surface area contributed by atoms with Gasteiger partial charge in [0.05, 0.1) is 49.0 Å². The van der Waals surface area contributed by atoms with E-state index < -0.39 is 83.6 Å². The number of thiazole rings is 6.